The van der Waals surface area contributed by atoms with E-state index in [4.69, 9.17) is 0 Å². The molecule has 0 amide bonds. The smallest absolute Gasteiger partial charge is 0.136 e. The number of hydrogen-bond donors (Lipinski definition) is 0. The molecule has 0 fully saturated rings. The van der Waals surface area contributed by atoms with Crippen molar-refractivity contribution in [1.29, 1.82) is 0 Å². The van der Waals surface area contributed by atoms with Gasteiger partial charge in [0, 0.05) is 42.3 Å². The van der Waals surface area contributed by atoms with Crippen LogP contribution in [0.3, 0.4) is 0 Å². The Morgan fingerprint density at radius 2 is 1.62 bits per heavy atom. The van der Waals surface area contributed by atoms with E-state index in [1.54, 1.807) is 0 Å². The molecule has 0 bridgehead atoms. The second-order valence-corrected chi connectivity index (χ2v) is 5.94. The maximum Gasteiger partial charge on any atom is 0.136 e. The first-order valence-electron chi connectivity index (χ1n) is 8.08. The zero-order valence-electron chi connectivity index (χ0n) is 13.6. The van der Waals surface area contributed by atoms with Gasteiger partial charge in [0.2, 0.25) is 0 Å². The number of imidazole rings is 1. The summed E-state index contributed by atoms with van der Waals surface area (Å²) < 4.78 is 2.04. The fourth-order valence-corrected chi connectivity index (χ4v) is 2.82. The molecule has 0 aliphatic carbocycles. The molecular weight excluding hydrogens is 296 g/mol. The molecule has 0 N–H and O–H groups in total. The molecule has 0 saturated heterocycles. The van der Waals surface area contributed by atoms with E-state index < -0.39 is 0 Å². The molecule has 3 heterocycles. The van der Waals surface area contributed by atoms with Crippen LogP contribution in [0.25, 0.3) is 16.8 Å². The van der Waals surface area contributed by atoms with Crippen LogP contribution >= 0.6 is 0 Å². The number of pyridine rings is 1. The molecule has 24 heavy (non-hydrogen) atoms. The predicted octanol–water partition coefficient (Wildman–Crippen LogP) is 3.88. The minimum absolute atomic E-state index is 0.851. The number of benzene rings is 1. The van der Waals surface area contributed by atoms with Gasteiger partial charge in [0.05, 0.1) is 5.69 Å². The van der Waals surface area contributed by atoms with Crippen molar-refractivity contribution in [3.05, 3.63) is 84.3 Å². The van der Waals surface area contributed by atoms with Gasteiger partial charge in [0.25, 0.3) is 0 Å². The molecule has 1 aromatic carbocycles. The van der Waals surface area contributed by atoms with Gasteiger partial charge in [0.1, 0.15) is 11.5 Å². The summed E-state index contributed by atoms with van der Waals surface area (Å²) in [6, 6.07) is 14.5. The average Bonchev–Trinajstić information content (AvgIpc) is 3.00. The molecule has 4 aromatic rings. The van der Waals surface area contributed by atoms with E-state index >= 15 is 0 Å². The highest BCUT2D eigenvalue weighted by atomic mass is 15.0. The van der Waals surface area contributed by atoms with Crippen LogP contribution in [0.1, 0.15) is 17.1 Å². The van der Waals surface area contributed by atoms with E-state index in [-0.39, 0.29) is 0 Å². The van der Waals surface area contributed by atoms with Crippen LogP contribution in [0, 0.1) is 6.92 Å². The summed E-state index contributed by atoms with van der Waals surface area (Å²) in [5.74, 6) is 0.877. The van der Waals surface area contributed by atoms with Crippen molar-refractivity contribution in [3.8, 4) is 11.1 Å². The fourth-order valence-electron chi connectivity index (χ4n) is 2.82. The van der Waals surface area contributed by atoms with E-state index in [9.17, 15) is 0 Å². The Morgan fingerprint density at radius 3 is 2.42 bits per heavy atom. The monoisotopic (exact) mass is 314 g/mol. The van der Waals surface area contributed by atoms with Crippen molar-refractivity contribution < 1.29 is 0 Å². The first-order valence-corrected chi connectivity index (χ1v) is 8.08. The summed E-state index contributed by atoms with van der Waals surface area (Å²) in [4.78, 5) is 13.5. The van der Waals surface area contributed by atoms with Crippen LogP contribution in [0.2, 0.25) is 0 Å². The number of aryl methyl sites for hydroxylation is 3. The zero-order chi connectivity index (χ0) is 16.4. The summed E-state index contributed by atoms with van der Waals surface area (Å²) in [6.07, 6.45) is 9.70. The summed E-state index contributed by atoms with van der Waals surface area (Å²) in [5.41, 5.74) is 5.39. The lowest BCUT2D eigenvalue weighted by Crippen LogP contribution is -1.98. The number of hydrogen-bond acceptors (Lipinski definition) is 3. The van der Waals surface area contributed by atoms with Crippen LogP contribution in [-0.2, 0) is 12.8 Å². The Labute approximate surface area is 140 Å². The largest absolute Gasteiger partial charge is 0.306 e. The van der Waals surface area contributed by atoms with E-state index in [0.29, 0.717) is 0 Å². The summed E-state index contributed by atoms with van der Waals surface area (Å²) in [5, 5.41) is 0. The van der Waals surface area contributed by atoms with Crippen molar-refractivity contribution in [1.82, 2.24) is 19.4 Å². The molecule has 118 valence electrons. The van der Waals surface area contributed by atoms with Gasteiger partial charge in [-0.15, -0.1) is 0 Å². The summed E-state index contributed by atoms with van der Waals surface area (Å²) >= 11 is 0. The van der Waals surface area contributed by atoms with Crippen LogP contribution in [0.15, 0.2) is 67.3 Å². The Morgan fingerprint density at radius 1 is 0.833 bits per heavy atom. The normalized spacial score (nSPS) is 11.0. The predicted molar refractivity (Wildman–Crippen MR) is 94.8 cm³/mol. The van der Waals surface area contributed by atoms with Gasteiger partial charge >= 0.3 is 0 Å². The Bertz CT molecular complexity index is 956. The lowest BCUT2D eigenvalue weighted by atomic mass is 10.1. The standard InChI is InChI=1S/C20H18N4/c1-15-13-24-14-17(8-10-20(24)23-15)18-11-21-19(22-12-18)9-7-16-5-3-2-4-6-16/h2-6,8,10-14H,7,9H2,1H3. The van der Waals surface area contributed by atoms with Crippen LogP contribution in [0.4, 0.5) is 0 Å². The molecule has 0 radical (unpaired) electrons. The van der Waals surface area contributed by atoms with Crippen molar-refractivity contribution in [2.45, 2.75) is 19.8 Å². The van der Waals surface area contributed by atoms with Crippen molar-refractivity contribution in [3.63, 3.8) is 0 Å². The van der Waals surface area contributed by atoms with Gasteiger partial charge in [-0.3, -0.25) is 0 Å². The lowest BCUT2D eigenvalue weighted by Gasteiger charge is -2.04. The lowest BCUT2D eigenvalue weighted by molar-refractivity contribution is 0.858. The first kappa shape index (κ1) is 14.6. The Hall–Kier alpha value is -3.01. The van der Waals surface area contributed by atoms with Gasteiger partial charge in [-0.1, -0.05) is 30.3 Å². The minimum atomic E-state index is 0.851. The fraction of sp³-hybridized carbons (Fsp3) is 0.150. The van der Waals surface area contributed by atoms with E-state index in [1.807, 2.05) is 42.0 Å². The molecule has 0 atom stereocenters. The van der Waals surface area contributed by atoms with E-state index in [2.05, 4.69) is 51.5 Å². The molecule has 0 spiro atoms. The number of fused-ring (bicyclic) bond motifs is 1. The molecule has 4 heteroatoms. The van der Waals surface area contributed by atoms with E-state index in [1.165, 1.54) is 5.56 Å². The maximum absolute atomic E-state index is 4.52. The molecule has 4 rings (SSSR count). The second kappa shape index (κ2) is 6.24. The molecule has 0 aliphatic rings. The van der Waals surface area contributed by atoms with Crippen LogP contribution in [0.5, 0.6) is 0 Å². The van der Waals surface area contributed by atoms with Gasteiger partial charge in [-0.25, -0.2) is 15.0 Å². The Kier molecular flexibility index (Phi) is 3.79. The van der Waals surface area contributed by atoms with Gasteiger partial charge in [-0.05, 0) is 31.0 Å². The Balaban J connectivity index is 1.52. The third kappa shape index (κ3) is 3.04. The van der Waals surface area contributed by atoms with E-state index in [0.717, 1.165) is 41.1 Å². The van der Waals surface area contributed by atoms with Gasteiger partial charge in [0.15, 0.2) is 0 Å². The first-order chi connectivity index (χ1) is 11.8. The van der Waals surface area contributed by atoms with Crippen molar-refractivity contribution in [2.75, 3.05) is 0 Å². The summed E-state index contributed by atoms with van der Waals surface area (Å²) in [7, 11) is 0. The summed E-state index contributed by atoms with van der Waals surface area (Å²) in [6.45, 7) is 2.00. The topological polar surface area (TPSA) is 43.1 Å². The van der Waals surface area contributed by atoms with Crippen LogP contribution in [-0.4, -0.2) is 19.4 Å². The SMILES string of the molecule is Cc1cn2cc(-c3cnc(CCc4ccccc4)nc3)ccc2n1. The number of nitrogens with zero attached hydrogens (tertiary/aromatic N) is 4. The van der Waals surface area contributed by atoms with Gasteiger partial charge < -0.3 is 4.40 Å². The minimum Gasteiger partial charge on any atom is -0.306 e. The highest BCUT2D eigenvalue weighted by Gasteiger charge is 2.04. The third-order valence-corrected chi connectivity index (χ3v) is 4.09. The molecule has 4 nitrogen and oxygen atoms in total. The quantitative estimate of drug-likeness (QED) is 0.574. The number of rotatable bonds is 4. The molecule has 3 aromatic heterocycles. The highest BCUT2D eigenvalue weighted by Crippen LogP contribution is 2.19. The molecule has 0 unspecified atom stereocenters. The molecule has 0 saturated carbocycles. The zero-order valence-corrected chi connectivity index (χ0v) is 13.6. The van der Waals surface area contributed by atoms with Gasteiger partial charge in [-0.2, -0.15) is 0 Å². The molecular formula is C20H18N4. The highest BCUT2D eigenvalue weighted by molar-refractivity contribution is 5.63. The maximum atomic E-state index is 4.52. The number of aromatic nitrogens is 4. The third-order valence-electron chi connectivity index (χ3n) is 4.09. The average molecular weight is 314 g/mol. The van der Waals surface area contributed by atoms with Crippen LogP contribution < -0.4 is 0 Å². The van der Waals surface area contributed by atoms with Crippen molar-refractivity contribution >= 4 is 5.65 Å². The van der Waals surface area contributed by atoms with Crippen molar-refractivity contribution in [2.24, 2.45) is 0 Å². The molecule has 0 aliphatic heterocycles. The second-order valence-electron chi connectivity index (χ2n) is 5.94.